The molecule has 4 aliphatic carbocycles. The highest BCUT2D eigenvalue weighted by atomic mass is 79.9. The van der Waals surface area contributed by atoms with Crippen molar-refractivity contribution in [2.24, 2.45) is 17.8 Å². The van der Waals surface area contributed by atoms with Crippen molar-refractivity contribution in [1.82, 2.24) is 25.2 Å². The van der Waals surface area contributed by atoms with E-state index in [1.54, 1.807) is 0 Å². The van der Waals surface area contributed by atoms with E-state index >= 15 is 4.79 Å². The molecule has 16 heteroatoms. The predicted molar refractivity (Wildman–Crippen MR) is 243 cm³/mol. The lowest BCUT2D eigenvalue weighted by atomic mass is 9.96. The van der Waals surface area contributed by atoms with Gasteiger partial charge in [0.2, 0.25) is 27.7 Å². The summed E-state index contributed by atoms with van der Waals surface area (Å²) in [5.74, 6) is -1.55. The van der Waals surface area contributed by atoms with E-state index in [0.29, 0.717) is 54.8 Å². The average Bonchev–Trinajstić information content (AvgIpc) is 4.07. The topological polar surface area (TPSA) is 182 Å². The highest BCUT2D eigenvalue weighted by molar-refractivity contribution is 9.10. The van der Waals surface area contributed by atoms with Crippen LogP contribution in [0.3, 0.4) is 0 Å². The molecule has 3 N–H and O–H groups in total. The molecule has 0 radical (unpaired) electrons. The van der Waals surface area contributed by atoms with Gasteiger partial charge in [0.15, 0.2) is 0 Å². The smallest absolute Gasteiger partial charge is 0.408 e. The normalized spacial score (nSPS) is 28.7. The molecule has 2 aliphatic heterocycles. The fourth-order valence-electron chi connectivity index (χ4n) is 10.2. The number of sulfonamides is 1. The van der Waals surface area contributed by atoms with Crippen LogP contribution in [0.2, 0.25) is 0 Å². The number of ether oxygens (including phenoxy) is 3. The maximum Gasteiger partial charge on any atom is 0.408 e. The SMILES string of the molecule is C=C[C@@H]1C[C@]1(NC(=O)[C@@H]1C[C@@H]2CN1C(=O)[C@H](C1CCCC1)NC(=O)O[C@@H]1CCC[C@H]1CCC=CCc1c(nc3ccc(Br)cc3c1OCc1ccccc1)O2)C(=O)NS(=O)(=O)C1CC1. The van der Waals surface area contributed by atoms with Gasteiger partial charge in [0.25, 0.3) is 5.91 Å². The standard InChI is InChI=1S/C48H56BrN5O9S/c1-2-32-26-48(32,46(57)53-64(59,60)35-21-22-35)52-43(55)39-25-34-27-54(39)45(56)41(31-15-9-10-16-31)51-47(58)63-40-19-11-17-30(40)14-7-4-8-18-36-42(61-28-29-12-5-3-6-13-29)37-24-33(49)20-23-38(37)50-44(36)62-34/h2-6,8,12-13,20,23-24,30-32,34-35,39-41H,1,7,9-11,14-19,21-22,25-28H2,(H,51,58)(H,52,55)(H,53,57)/t30-,32-,34-,39+,40-,41+,48-/m1/s1. The van der Waals surface area contributed by atoms with E-state index in [1.165, 1.54) is 11.0 Å². The molecule has 4 saturated carbocycles. The van der Waals surface area contributed by atoms with E-state index in [-0.39, 0.29) is 43.9 Å². The van der Waals surface area contributed by atoms with Crippen LogP contribution in [0.15, 0.2) is 77.8 Å². The molecule has 3 aromatic rings. The second-order valence-electron chi connectivity index (χ2n) is 18.4. The number of aromatic nitrogens is 1. The maximum atomic E-state index is 15.1. The summed E-state index contributed by atoms with van der Waals surface area (Å²) in [6.45, 7) is 4.10. The molecule has 6 aliphatic rings. The van der Waals surface area contributed by atoms with Crippen molar-refractivity contribution in [3.05, 3.63) is 88.9 Å². The number of pyridine rings is 1. The summed E-state index contributed by atoms with van der Waals surface area (Å²) in [4.78, 5) is 63.9. The number of alkyl carbamates (subject to hydrolysis) is 1. The van der Waals surface area contributed by atoms with E-state index in [0.717, 1.165) is 60.4 Å². The minimum atomic E-state index is -3.92. The summed E-state index contributed by atoms with van der Waals surface area (Å²) in [6.07, 6.45) is 13.0. The van der Waals surface area contributed by atoms with E-state index in [9.17, 15) is 22.8 Å². The van der Waals surface area contributed by atoms with Gasteiger partial charge in [-0.3, -0.25) is 19.1 Å². The number of benzene rings is 2. The molecule has 9 rings (SSSR count). The molecule has 64 heavy (non-hydrogen) atoms. The first-order valence-electron chi connectivity index (χ1n) is 22.8. The van der Waals surface area contributed by atoms with Crippen LogP contribution in [0.5, 0.6) is 11.6 Å². The Kier molecular flexibility index (Phi) is 12.8. The van der Waals surface area contributed by atoms with Crippen LogP contribution in [0.4, 0.5) is 4.79 Å². The largest absolute Gasteiger partial charge is 0.488 e. The predicted octanol–water partition coefficient (Wildman–Crippen LogP) is 6.94. The van der Waals surface area contributed by atoms with Gasteiger partial charge in [-0.15, -0.1) is 6.58 Å². The number of carbonyl (C=O) groups excluding carboxylic acids is 4. The molecule has 4 amide bonds. The van der Waals surface area contributed by atoms with Crippen molar-refractivity contribution in [1.29, 1.82) is 0 Å². The van der Waals surface area contributed by atoms with Crippen molar-refractivity contribution < 1.29 is 41.8 Å². The van der Waals surface area contributed by atoms with Crippen LogP contribution in [0, 0.1) is 17.8 Å². The number of nitrogens with one attached hydrogen (secondary N) is 3. The third-order valence-corrected chi connectivity index (χ3v) is 16.3. The number of hydrogen-bond acceptors (Lipinski definition) is 10. The van der Waals surface area contributed by atoms with Gasteiger partial charge in [0, 0.05) is 22.2 Å². The molecule has 3 heterocycles. The molecular weight excluding hydrogens is 903 g/mol. The zero-order valence-electron chi connectivity index (χ0n) is 35.8. The maximum absolute atomic E-state index is 15.1. The molecule has 7 atom stereocenters. The summed E-state index contributed by atoms with van der Waals surface area (Å²) < 4.78 is 48.6. The van der Waals surface area contributed by atoms with Gasteiger partial charge < -0.3 is 29.7 Å². The average molecular weight is 959 g/mol. The van der Waals surface area contributed by atoms with E-state index in [2.05, 4.69) is 50.0 Å². The van der Waals surface area contributed by atoms with Crippen molar-refractivity contribution >= 4 is 60.7 Å². The van der Waals surface area contributed by atoms with Crippen molar-refractivity contribution in [2.45, 2.75) is 132 Å². The Bertz CT molecular complexity index is 2440. The summed E-state index contributed by atoms with van der Waals surface area (Å²) in [5, 5.41) is 5.99. The number of fused-ring (bicyclic) bond motifs is 5. The molecular formula is C48H56BrN5O9S. The van der Waals surface area contributed by atoms with Gasteiger partial charge in [-0.25, -0.2) is 18.2 Å². The Labute approximate surface area is 382 Å². The Morgan fingerprint density at radius 3 is 2.52 bits per heavy atom. The summed E-state index contributed by atoms with van der Waals surface area (Å²) in [6, 6.07) is 13.5. The monoisotopic (exact) mass is 957 g/mol. The van der Waals surface area contributed by atoms with Crippen LogP contribution in [0.25, 0.3) is 10.9 Å². The lowest BCUT2D eigenvalue weighted by Crippen LogP contribution is -2.59. The fourth-order valence-corrected chi connectivity index (χ4v) is 11.9. The molecule has 0 spiro atoms. The molecule has 340 valence electrons. The van der Waals surface area contributed by atoms with Gasteiger partial charge in [-0.2, -0.15) is 0 Å². The molecule has 14 nitrogen and oxygen atoms in total. The fraction of sp³-hybridized carbons (Fsp3) is 0.521. The quantitative estimate of drug-likeness (QED) is 0.180. The number of nitrogens with zero attached hydrogens (tertiary/aromatic N) is 2. The van der Waals surface area contributed by atoms with Crippen LogP contribution < -0.4 is 24.8 Å². The minimum absolute atomic E-state index is 0.0233. The number of halogens is 1. The first-order valence-corrected chi connectivity index (χ1v) is 25.1. The second kappa shape index (κ2) is 18.5. The van der Waals surface area contributed by atoms with Crippen molar-refractivity contribution in [2.75, 3.05) is 6.54 Å². The summed E-state index contributed by atoms with van der Waals surface area (Å²) >= 11 is 3.64. The highest BCUT2D eigenvalue weighted by Crippen LogP contribution is 2.46. The molecule has 1 saturated heterocycles. The molecule has 2 bridgehead atoms. The van der Waals surface area contributed by atoms with Gasteiger partial charge in [-0.1, -0.05) is 77.3 Å². The molecule has 5 fully saturated rings. The van der Waals surface area contributed by atoms with Crippen LogP contribution in [0.1, 0.15) is 94.6 Å². The summed E-state index contributed by atoms with van der Waals surface area (Å²) in [7, 11) is -3.92. The van der Waals surface area contributed by atoms with Crippen LogP contribution in [-0.2, 0) is 42.2 Å². The van der Waals surface area contributed by atoms with Gasteiger partial charge in [0.1, 0.15) is 42.2 Å². The lowest BCUT2D eigenvalue weighted by molar-refractivity contribution is -0.142. The van der Waals surface area contributed by atoms with Gasteiger partial charge >= 0.3 is 6.09 Å². The van der Waals surface area contributed by atoms with Crippen molar-refractivity contribution in [3.8, 4) is 11.6 Å². The summed E-state index contributed by atoms with van der Waals surface area (Å²) in [5.41, 5.74) is 0.757. The number of hydrogen-bond donors (Lipinski definition) is 3. The van der Waals surface area contributed by atoms with E-state index < -0.39 is 68.7 Å². The first kappa shape index (κ1) is 44.3. The Morgan fingerprint density at radius 1 is 0.984 bits per heavy atom. The number of rotatable bonds is 10. The van der Waals surface area contributed by atoms with E-state index in [1.807, 2.05) is 48.5 Å². The minimum Gasteiger partial charge on any atom is -0.488 e. The Hall–Kier alpha value is -4.96. The number of allylic oxidation sites excluding steroid dienone is 2. The molecule has 1 aromatic heterocycles. The third-order valence-electron chi connectivity index (χ3n) is 14.0. The first-order chi connectivity index (χ1) is 30.9. The van der Waals surface area contributed by atoms with Crippen LogP contribution >= 0.6 is 15.9 Å². The lowest BCUT2D eigenvalue weighted by Gasteiger charge is -2.32. The number of amides is 4. The zero-order valence-corrected chi connectivity index (χ0v) is 38.2. The second-order valence-corrected chi connectivity index (χ2v) is 21.3. The Balaban J connectivity index is 1.09. The zero-order chi connectivity index (χ0) is 44.6. The number of carbonyl (C=O) groups is 4. The highest BCUT2D eigenvalue weighted by Gasteiger charge is 2.62. The third kappa shape index (κ3) is 9.40. The molecule has 0 unspecified atom stereocenters. The molecule has 2 aromatic carbocycles. The van der Waals surface area contributed by atoms with E-state index in [4.69, 9.17) is 19.2 Å². The Morgan fingerprint density at radius 2 is 1.77 bits per heavy atom. The van der Waals surface area contributed by atoms with Gasteiger partial charge in [-0.05, 0) is 106 Å². The van der Waals surface area contributed by atoms with Gasteiger partial charge in [0.05, 0.1) is 22.9 Å². The van der Waals surface area contributed by atoms with Crippen molar-refractivity contribution in [3.63, 3.8) is 0 Å². The van der Waals surface area contributed by atoms with Crippen LogP contribution in [-0.4, -0.2) is 83.7 Å².